The molecule has 3 aromatic carbocycles. The SMILES string of the molecule is C=CCOc1ccc(C2/C(=C(/O)c3ccc(Br)cc3)C(=O)C(=O)N2c2nnc(SCc3ccccc3F)s2)cc1. The zero-order valence-electron chi connectivity index (χ0n) is 20.8. The summed E-state index contributed by atoms with van der Waals surface area (Å²) in [5.74, 6) is -1.40. The lowest BCUT2D eigenvalue weighted by Gasteiger charge is -2.22. The lowest BCUT2D eigenvalue weighted by molar-refractivity contribution is -0.132. The maximum absolute atomic E-state index is 14.1. The van der Waals surface area contributed by atoms with Crippen LogP contribution in [-0.2, 0) is 15.3 Å². The summed E-state index contributed by atoms with van der Waals surface area (Å²) in [4.78, 5) is 28.0. The maximum Gasteiger partial charge on any atom is 0.301 e. The molecule has 1 unspecified atom stereocenters. The smallest absolute Gasteiger partial charge is 0.301 e. The molecule has 7 nitrogen and oxygen atoms in total. The van der Waals surface area contributed by atoms with Crippen LogP contribution >= 0.6 is 39.0 Å². The van der Waals surface area contributed by atoms with Gasteiger partial charge in [0.2, 0.25) is 5.13 Å². The number of carbonyl (C=O) groups is 2. The molecule has 202 valence electrons. The largest absolute Gasteiger partial charge is 0.507 e. The van der Waals surface area contributed by atoms with E-state index in [2.05, 4.69) is 32.7 Å². The Balaban J connectivity index is 1.53. The summed E-state index contributed by atoms with van der Waals surface area (Å²) in [5, 5.41) is 19.8. The van der Waals surface area contributed by atoms with E-state index in [0.29, 0.717) is 39.1 Å². The fraction of sp³-hybridized carbons (Fsp3) is 0.103. The number of amides is 1. The number of aliphatic hydroxyl groups is 1. The Morgan fingerprint density at radius 1 is 1.10 bits per heavy atom. The highest BCUT2D eigenvalue weighted by molar-refractivity contribution is 9.10. The van der Waals surface area contributed by atoms with Crippen LogP contribution in [0.25, 0.3) is 5.76 Å². The highest BCUT2D eigenvalue weighted by Gasteiger charge is 2.48. The van der Waals surface area contributed by atoms with E-state index in [0.717, 1.165) is 15.8 Å². The first-order valence-corrected chi connectivity index (χ1v) is 14.6. The van der Waals surface area contributed by atoms with E-state index in [-0.39, 0.29) is 22.3 Å². The van der Waals surface area contributed by atoms with Gasteiger partial charge in [-0.05, 0) is 41.5 Å². The van der Waals surface area contributed by atoms with E-state index in [1.165, 1.54) is 22.7 Å². The third kappa shape index (κ3) is 5.72. The Bertz CT molecular complexity index is 1610. The number of ether oxygens (including phenoxy) is 1. The third-order valence-corrected chi connectivity index (χ3v) is 8.67. The lowest BCUT2D eigenvalue weighted by Crippen LogP contribution is -2.29. The molecule has 1 aliphatic heterocycles. The number of aromatic nitrogens is 2. The number of aliphatic hydroxyl groups excluding tert-OH is 1. The van der Waals surface area contributed by atoms with Crippen LogP contribution in [0.1, 0.15) is 22.7 Å². The van der Waals surface area contributed by atoms with Crippen LogP contribution in [0.3, 0.4) is 0 Å². The molecular weight excluding hydrogens is 617 g/mol. The van der Waals surface area contributed by atoms with Crippen molar-refractivity contribution < 1.29 is 23.8 Å². The second-order valence-corrected chi connectivity index (χ2v) is 11.7. The highest BCUT2D eigenvalue weighted by atomic mass is 79.9. The first-order valence-electron chi connectivity index (χ1n) is 12.0. The Hall–Kier alpha value is -3.80. The number of hydrogen-bond acceptors (Lipinski definition) is 8. The fourth-order valence-corrected chi connectivity index (χ4v) is 6.24. The molecule has 1 saturated heterocycles. The van der Waals surface area contributed by atoms with Crippen LogP contribution in [0, 0.1) is 5.82 Å². The Kier molecular flexibility index (Phi) is 8.43. The van der Waals surface area contributed by atoms with Gasteiger partial charge in [0.15, 0.2) is 4.34 Å². The van der Waals surface area contributed by atoms with Crippen molar-refractivity contribution in [3.63, 3.8) is 0 Å². The molecule has 1 aromatic heterocycles. The summed E-state index contributed by atoms with van der Waals surface area (Å²) in [5.41, 5.74) is 1.40. The summed E-state index contributed by atoms with van der Waals surface area (Å²) < 4.78 is 20.9. The number of rotatable bonds is 9. The predicted molar refractivity (Wildman–Crippen MR) is 157 cm³/mol. The minimum Gasteiger partial charge on any atom is -0.507 e. The van der Waals surface area contributed by atoms with Crippen molar-refractivity contribution in [1.29, 1.82) is 0 Å². The van der Waals surface area contributed by atoms with Gasteiger partial charge in [0.1, 0.15) is 23.9 Å². The molecular formula is C29H21BrFN3O4S2. The Morgan fingerprint density at radius 2 is 1.82 bits per heavy atom. The van der Waals surface area contributed by atoms with Crippen LogP contribution in [-0.4, -0.2) is 33.6 Å². The molecule has 2 heterocycles. The van der Waals surface area contributed by atoms with E-state index in [1.54, 1.807) is 72.8 Å². The number of nitrogens with zero attached hydrogens (tertiary/aromatic N) is 3. The lowest BCUT2D eigenvalue weighted by atomic mass is 9.95. The summed E-state index contributed by atoms with van der Waals surface area (Å²) in [6.45, 7) is 3.96. The third-order valence-electron chi connectivity index (χ3n) is 6.04. The summed E-state index contributed by atoms with van der Waals surface area (Å²) >= 11 is 5.75. The molecule has 4 aromatic rings. The predicted octanol–water partition coefficient (Wildman–Crippen LogP) is 6.92. The summed E-state index contributed by atoms with van der Waals surface area (Å²) in [6.07, 6.45) is 1.62. The van der Waals surface area contributed by atoms with E-state index in [1.807, 2.05) is 0 Å². The number of hydrogen-bond donors (Lipinski definition) is 1. The first kappa shape index (κ1) is 27.8. The van der Waals surface area contributed by atoms with Gasteiger partial charge in [0.05, 0.1) is 11.6 Å². The number of benzene rings is 3. The van der Waals surface area contributed by atoms with Gasteiger partial charge < -0.3 is 9.84 Å². The van der Waals surface area contributed by atoms with Crippen LogP contribution < -0.4 is 9.64 Å². The zero-order chi connectivity index (χ0) is 28.2. The van der Waals surface area contributed by atoms with Gasteiger partial charge in [0.25, 0.3) is 5.78 Å². The first-order chi connectivity index (χ1) is 19.4. The molecule has 1 aliphatic rings. The van der Waals surface area contributed by atoms with Gasteiger partial charge in [0, 0.05) is 15.8 Å². The summed E-state index contributed by atoms with van der Waals surface area (Å²) in [6, 6.07) is 19.1. The minimum absolute atomic E-state index is 0.0668. The van der Waals surface area contributed by atoms with Crippen molar-refractivity contribution in [3.8, 4) is 5.75 Å². The molecule has 0 spiro atoms. The van der Waals surface area contributed by atoms with Crippen molar-refractivity contribution >= 4 is 61.6 Å². The highest BCUT2D eigenvalue weighted by Crippen LogP contribution is 2.44. The van der Waals surface area contributed by atoms with E-state index < -0.39 is 17.7 Å². The van der Waals surface area contributed by atoms with Gasteiger partial charge in [-0.25, -0.2) is 4.39 Å². The number of anilines is 1. The van der Waals surface area contributed by atoms with Crippen molar-refractivity contribution in [2.24, 2.45) is 0 Å². The van der Waals surface area contributed by atoms with Gasteiger partial charge in [-0.15, -0.1) is 10.2 Å². The van der Waals surface area contributed by atoms with E-state index >= 15 is 0 Å². The molecule has 1 fully saturated rings. The molecule has 11 heteroatoms. The number of Topliss-reactive ketones (excluding diaryl/α,β-unsaturated/α-hetero) is 1. The molecule has 0 radical (unpaired) electrons. The maximum atomic E-state index is 14.1. The van der Waals surface area contributed by atoms with Gasteiger partial charge in [-0.3, -0.25) is 14.5 Å². The number of carbonyl (C=O) groups excluding carboxylic acids is 2. The fourth-order valence-electron chi connectivity index (χ4n) is 4.12. The zero-order valence-corrected chi connectivity index (χ0v) is 24.0. The molecule has 5 rings (SSSR count). The molecule has 1 N–H and O–H groups in total. The topological polar surface area (TPSA) is 92.6 Å². The average Bonchev–Trinajstić information content (AvgIpc) is 3.53. The number of thioether (sulfide) groups is 1. The minimum atomic E-state index is -0.963. The second-order valence-electron chi connectivity index (χ2n) is 8.58. The van der Waals surface area contributed by atoms with Crippen LogP contribution in [0.5, 0.6) is 5.75 Å². The molecule has 0 aliphatic carbocycles. The quantitative estimate of drug-likeness (QED) is 0.0531. The Morgan fingerprint density at radius 3 is 2.52 bits per heavy atom. The van der Waals surface area contributed by atoms with Crippen LogP contribution in [0.4, 0.5) is 9.52 Å². The average molecular weight is 639 g/mol. The molecule has 40 heavy (non-hydrogen) atoms. The van der Waals surface area contributed by atoms with E-state index in [4.69, 9.17) is 4.74 Å². The Labute approximate surface area is 246 Å². The normalized spacial score (nSPS) is 16.4. The standard InChI is InChI=1S/C29H21BrFN3O4S2/c1-2-15-38-21-13-9-17(10-14-21)24-23(25(35)18-7-11-20(30)12-8-18)26(36)27(37)34(24)28-32-33-29(40-28)39-16-19-5-3-4-6-22(19)31/h2-14,24,35H,1,15-16H2/b25-23-. The van der Waals surface area contributed by atoms with Gasteiger partial charge in [-0.1, -0.05) is 94.1 Å². The van der Waals surface area contributed by atoms with Crippen LogP contribution in [0.2, 0.25) is 0 Å². The number of halogens is 2. The van der Waals surface area contributed by atoms with Gasteiger partial charge in [-0.2, -0.15) is 0 Å². The van der Waals surface area contributed by atoms with Crippen molar-refractivity contribution in [2.75, 3.05) is 11.5 Å². The van der Waals surface area contributed by atoms with Crippen molar-refractivity contribution in [1.82, 2.24) is 10.2 Å². The van der Waals surface area contributed by atoms with Crippen molar-refractivity contribution in [3.05, 3.63) is 118 Å². The monoisotopic (exact) mass is 637 g/mol. The molecule has 0 bridgehead atoms. The van der Waals surface area contributed by atoms with E-state index in [9.17, 15) is 19.1 Å². The number of ketones is 1. The van der Waals surface area contributed by atoms with Crippen LogP contribution in [0.15, 0.2) is 99.8 Å². The van der Waals surface area contributed by atoms with Gasteiger partial charge >= 0.3 is 5.91 Å². The second kappa shape index (κ2) is 12.2. The molecule has 1 atom stereocenters. The molecule has 0 saturated carbocycles. The summed E-state index contributed by atoms with van der Waals surface area (Å²) in [7, 11) is 0. The van der Waals surface area contributed by atoms with Crippen molar-refractivity contribution in [2.45, 2.75) is 16.1 Å². The molecule has 1 amide bonds.